The third kappa shape index (κ3) is 3.21. The van der Waals surface area contributed by atoms with Crippen molar-refractivity contribution in [2.45, 2.75) is 19.1 Å². The molecular weight excluding hydrogens is 260 g/mol. The van der Waals surface area contributed by atoms with Crippen molar-refractivity contribution in [1.29, 1.82) is 0 Å². The van der Waals surface area contributed by atoms with Gasteiger partial charge in [-0.15, -0.1) is 0 Å². The van der Waals surface area contributed by atoms with E-state index >= 15 is 0 Å². The molecule has 2 rings (SSSR count). The van der Waals surface area contributed by atoms with Gasteiger partial charge in [0, 0.05) is 6.61 Å². The standard InChI is InChI=1S/C16H17F2NO/c1-2-20-16(11-6-4-3-5-7-11)15(19)12-8-9-13(17)14(18)10-12/h3-10,15-16H,2,19H2,1H3. The Morgan fingerprint density at radius 3 is 2.30 bits per heavy atom. The average molecular weight is 277 g/mol. The van der Waals surface area contributed by atoms with Gasteiger partial charge < -0.3 is 10.5 Å². The molecule has 0 spiro atoms. The van der Waals surface area contributed by atoms with E-state index in [0.29, 0.717) is 12.2 Å². The number of nitrogens with two attached hydrogens (primary N) is 1. The maximum absolute atomic E-state index is 13.3. The Bertz CT molecular complexity index is 560. The summed E-state index contributed by atoms with van der Waals surface area (Å²) in [6, 6.07) is 12.6. The van der Waals surface area contributed by atoms with Crippen LogP contribution < -0.4 is 5.73 Å². The van der Waals surface area contributed by atoms with Crippen molar-refractivity contribution in [3.05, 3.63) is 71.3 Å². The summed E-state index contributed by atoms with van der Waals surface area (Å²) in [6.07, 6.45) is -0.397. The molecule has 0 aliphatic heterocycles. The molecule has 0 saturated heterocycles. The van der Waals surface area contributed by atoms with E-state index < -0.39 is 23.8 Å². The first-order chi connectivity index (χ1) is 9.63. The third-order valence-corrected chi connectivity index (χ3v) is 3.13. The summed E-state index contributed by atoms with van der Waals surface area (Å²) in [6.45, 7) is 2.35. The van der Waals surface area contributed by atoms with E-state index in [2.05, 4.69) is 0 Å². The predicted octanol–water partition coefficient (Wildman–Crippen LogP) is 3.74. The van der Waals surface area contributed by atoms with Crippen LogP contribution in [0.3, 0.4) is 0 Å². The molecule has 0 amide bonds. The fourth-order valence-electron chi connectivity index (χ4n) is 2.12. The van der Waals surface area contributed by atoms with E-state index in [1.807, 2.05) is 37.3 Å². The first-order valence-corrected chi connectivity index (χ1v) is 6.50. The summed E-state index contributed by atoms with van der Waals surface area (Å²) in [5.41, 5.74) is 7.58. The molecule has 2 nitrogen and oxygen atoms in total. The van der Waals surface area contributed by atoms with Crippen LogP contribution in [0.5, 0.6) is 0 Å². The molecule has 0 heterocycles. The predicted molar refractivity (Wildman–Crippen MR) is 74.1 cm³/mol. The third-order valence-electron chi connectivity index (χ3n) is 3.13. The molecule has 0 bridgehead atoms. The van der Waals surface area contributed by atoms with Gasteiger partial charge in [0.25, 0.3) is 0 Å². The lowest BCUT2D eigenvalue weighted by Crippen LogP contribution is -2.22. The van der Waals surface area contributed by atoms with Gasteiger partial charge in [0.1, 0.15) is 6.10 Å². The summed E-state index contributed by atoms with van der Waals surface area (Å²) in [7, 11) is 0. The van der Waals surface area contributed by atoms with E-state index in [1.165, 1.54) is 6.07 Å². The summed E-state index contributed by atoms with van der Waals surface area (Å²) < 4.78 is 32.0. The molecule has 0 aliphatic carbocycles. The number of halogens is 2. The fraction of sp³-hybridized carbons (Fsp3) is 0.250. The highest BCUT2D eigenvalue weighted by molar-refractivity contribution is 5.27. The van der Waals surface area contributed by atoms with Crippen molar-refractivity contribution in [2.75, 3.05) is 6.61 Å². The zero-order chi connectivity index (χ0) is 14.5. The quantitative estimate of drug-likeness (QED) is 0.903. The summed E-state index contributed by atoms with van der Waals surface area (Å²) >= 11 is 0. The molecule has 4 heteroatoms. The van der Waals surface area contributed by atoms with Gasteiger partial charge in [-0.1, -0.05) is 36.4 Å². The lowest BCUT2D eigenvalue weighted by Gasteiger charge is -2.24. The molecule has 0 radical (unpaired) electrons. The van der Waals surface area contributed by atoms with Gasteiger partial charge in [0.05, 0.1) is 6.04 Å². The van der Waals surface area contributed by atoms with Crippen molar-refractivity contribution in [2.24, 2.45) is 5.73 Å². The maximum atomic E-state index is 13.3. The first kappa shape index (κ1) is 14.6. The largest absolute Gasteiger partial charge is 0.372 e. The van der Waals surface area contributed by atoms with Crippen molar-refractivity contribution in [3.63, 3.8) is 0 Å². The highest BCUT2D eigenvalue weighted by atomic mass is 19.2. The van der Waals surface area contributed by atoms with Crippen molar-refractivity contribution < 1.29 is 13.5 Å². The second kappa shape index (κ2) is 6.59. The minimum absolute atomic E-state index is 0.397. The minimum Gasteiger partial charge on any atom is -0.372 e. The number of rotatable bonds is 5. The van der Waals surface area contributed by atoms with Crippen LogP contribution in [0.2, 0.25) is 0 Å². The van der Waals surface area contributed by atoms with Gasteiger partial charge in [-0.05, 0) is 30.2 Å². The van der Waals surface area contributed by atoms with Gasteiger partial charge in [-0.25, -0.2) is 8.78 Å². The lowest BCUT2D eigenvalue weighted by molar-refractivity contribution is 0.0428. The monoisotopic (exact) mass is 277 g/mol. The summed E-state index contributed by atoms with van der Waals surface area (Å²) in [5, 5.41) is 0. The highest BCUT2D eigenvalue weighted by Crippen LogP contribution is 2.30. The Kier molecular flexibility index (Phi) is 4.82. The van der Waals surface area contributed by atoms with Crippen LogP contribution in [0.1, 0.15) is 30.2 Å². The number of benzene rings is 2. The Labute approximate surface area is 117 Å². The number of hydrogen-bond donors (Lipinski definition) is 1. The van der Waals surface area contributed by atoms with E-state index in [4.69, 9.17) is 10.5 Å². The molecule has 0 fully saturated rings. The van der Waals surface area contributed by atoms with Crippen LogP contribution in [-0.2, 0) is 4.74 Å². The van der Waals surface area contributed by atoms with Crippen LogP contribution in [0.25, 0.3) is 0 Å². The summed E-state index contributed by atoms with van der Waals surface area (Å²) in [5.74, 6) is -1.78. The average Bonchev–Trinajstić information content (AvgIpc) is 2.48. The zero-order valence-electron chi connectivity index (χ0n) is 11.2. The molecule has 2 N–H and O–H groups in total. The molecular formula is C16H17F2NO. The van der Waals surface area contributed by atoms with Crippen LogP contribution in [0.4, 0.5) is 8.78 Å². The van der Waals surface area contributed by atoms with Crippen LogP contribution in [0.15, 0.2) is 48.5 Å². The fourth-order valence-corrected chi connectivity index (χ4v) is 2.12. The number of ether oxygens (including phenoxy) is 1. The van der Waals surface area contributed by atoms with E-state index in [-0.39, 0.29) is 0 Å². The maximum Gasteiger partial charge on any atom is 0.159 e. The molecule has 2 aromatic carbocycles. The number of hydrogen-bond acceptors (Lipinski definition) is 2. The Morgan fingerprint density at radius 1 is 1.00 bits per heavy atom. The van der Waals surface area contributed by atoms with Crippen LogP contribution in [-0.4, -0.2) is 6.61 Å². The molecule has 20 heavy (non-hydrogen) atoms. The molecule has 0 saturated carbocycles. The Balaban J connectivity index is 2.31. The lowest BCUT2D eigenvalue weighted by atomic mass is 9.96. The Morgan fingerprint density at radius 2 is 1.70 bits per heavy atom. The minimum atomic E-state index is -0.902. The molecule has 106 valence electrons. The molecule has 0 aromatic heterocycles. The molecule has 2 aromatic rings. The second-order valence-corrected chi connectivity index (χ2v) is 4.49. The van der Waals surface area contributed by atoms with Gasteiger partial charge in [0.15, 0.2) is 11.6 Å². The first-order valence-electron chi connectivity index (χ1n) is 6.50. The molecule has 2 atom stereocenters. The van der Waals surface area contributed by atoms with Gasteiger partial charge in [-0.2, -0.15) is 0 Å². The normalized spacial score (nSPS) is 14.0. The van der Waals surface area contributed by atoms with Gasteiger partial charge in [-0.3, -0.25) is 0 Å². The Hall–Kier alpha value is -1.78. The van der Waals surface area contributed by atoms with Crippen LogP contribution >= 0.6 is 0 Å². The topological polar surface area (TPSA) is 35.2 Å². The van der Waals surface area contributed by atoms with Crippen LogP contribution in [0, 0.1) is 11.6 Å². The van der Waals surface area contributed by atoms with E-state index in [0.717, 1.165) is 17.7 Å². The highest BCUT2D eigenvalue weighted by Gasteiger charge is 2.22. The molecule has 0 aliphatic rings. The van der Waals surface area contributed by atoms with Crippen molar-refractivity contribution >= 4 is 0 Å². The van der Waals surface area contributed by atoms with Gasteiger partial charge >= 0.3 is 0 Å². The SMILES string of the molecule is CCOC(c1ccccc1)C(N)c1ccc(F)c(F)c1. The van der Waals surface area contributed by atoms with Crippen molar-refractivity contribution in [3.8, 4) is 0 Å². The zero-order valence-corrected chi connectivity index (χ0v) is 11.2. The summed E-state index contributed by atoms with van der Waals surface area (Å²) in [4.78, 5) is 0. The van der Waals surface area contributed by atoms with Crippen molar-refractivity contribution in [1.82, 2.24) is 0 Å². The smallest absolute Gasteiger partial charge is 0.159 e. The van der Waals surface area contributed by atoms with E-state index in [1.54, 1.807) is 0 Å². The van der Waals surface area contributed by atoms with Gasteiger partial charge in [0.2, 0.25) is 0 Å². The second-order valence-electron chi connectivity index (χ2n) is 4.49. The molecule has 2 unspecified atom stereocenters. The van der Waals surface area contributed by atoms with E-state index in [9.17, 15) is 8.78 Å².